The van der Waals surface area contributed by atoms with E-state index < -0.39 is 0 Å². The second kappa shape index (κ2) is 7.39. The minimum atomic E-state index is -0.00373. The zero-order chi connectivity index (χ0) is 18.8. The van der Waals surface area contributed by atoms with Crippen LogP contribution >= 0.6 is 0 Å². The quantitative estimate of drug-likeness (QED) is 0.641. The number of carbonyl (C=O) groups excluding carboxylic acids is 1. The zero-order valence-electron chi connectivity index (χ0n) is 15.8. The first kappa shape index (κ1) is 17.5. The average Bonchev–Trinajstić information content (AvgIpc) is 3.56. The molecule has 1 fully saturated rings. The molecular formula is C23H24N2O2. The second-order valence-electron chi connectivity index (χ2n) is 7.25. The summed E-state index contributed by atoms with van der Waals surface area (Å²) in [6, 6.07) is 19.8. The van der Waals surface area contributed by atoms with E-state index >= 15 is 0 Å². The van der Waals surface area contributed by atoms with Crippen molar-refractivity contribution in [2.45, 2.75) is 32.4 Å². The van der Waals surface area contributed by atoms with Crippen molar-refractivity contribution < 1.29 is 9.53 Å². The van der Waals surface area contributed by atoms with Crippen molar-refractivity contribution in [1.29, 1.82) is 0 Å². The number of hydrogen-bond acceptors (Lipinski definition) is 3. The van der Waals surface area contributed by atoms with Crippen LogP contribution in [0.15, 0.2) is 60.7 Å². The van der Waals surface area contributed by atoms with Gasteiger partial charge in [-0.3, -0.25) is 4.79 Å². The molecule has 138 valence electrons. The lowest BCUT2D eigenvalue weighted by Gasteiger charge is -2.29. The van der Waals surface area contributed by atoms with Crippen LogP contribution in [0, 0.1) is 5.92 Å². The molecule has 0 N–H and O–H groups in total. The van der Waals surface area contributed by atoms with Crippen LogP contribution in [0.3, 0.4) is 0 Å². The molecule has 4 nitrogen and oxygen atoms in total. The summed E-state index contributed by atoms with van der Waals surface area (Å²) in [6.45, 7) is 2.73. The molecule has 0 saturated heterocycles. The van der Waals surface area contributed by atoms with Gasteiger partial charge in [0.2, 0.25) is 0 Å². The van der Waals surface area contributed by atoms with Gasteiger partial charge in [0.1, 0.15) is 11.4 Å². The largest absolute Gasteiger partial charge is 0.497 e. The molecule has 1 aromatic heterocycles. The Bertz CT molecular complexity index is 948. The zero-order valence-corrected chi connectivity index (χ0v) is 15.8. The normalized spacial score (nSPS) is 14.7. The lowest BCUT2D eigenvalue weighted by molar-refractivity contribution is 0.0648. The summed E-state index contributed by atoms with van der Waals surface area (Å²) in [5, 5.41) is 1.05. The SMILES string of the molecule is COc1ccc(CN(C(=O)c2ccc3ccccc3n2)C(C)C2CC2)cc1. The number of nitrogens with zero attached hydrogens (tertiary/aromatic N) is 2. The summed E-state index contributed by atoms with van der Waals surface area (Å²) in [5.74, 6) is 1.41. The first-order valence-corrected chi connectivity index (χ1v) is 9.45. The summed E-state index contributed by atoms with van der Waals surface area (Å²) in [6.07, 6.45) is 2.39. The van der Waals surface area contributed by atoms with E-state index in [0.29, 0.717) is 18.2 Å². The van der Waals surface area contributed by atoms with Gasteiger partial charge in [0.05, 0.1) is 12.6 Å². The van der Waals surface area contributed by atoms with Gasteiger partial charge in [-0.25, -0.2) is 4.98 Å². The summed E-state index contributed by atoms with van der Waals surface area (Å²) in [5.41, 5.74) is 2.46. The minimum absolute atomic E-state index is 0.00373. The average molecular weight is 360 g/mol. The molecular weight excluding hydrogens is 336 g/mol. The van der Waals surface area contributed by atoms with Gasteiger partial charge in [-0.05, 0) is 55.5 Å². The van der Waals surface area contributed by atoms with Crippen molar-refractivity contribution in [3.8, 4) is 5.75 Å². The van der Waals surface area contributed by atoms with Crippen LogP contribution in [-0.2, 0) is 6.54 Å². The third kappa shape index (κ3) is 3.80. The molecule has 4 rings (SSSR count). The first-order valence-electron chi connectivity index (χ1n) is 9.45. The number of fused-ring (bicyclic) bond motifs is 1. The van der Waals surface area contributed by atoms with Gasteiger partial charge in [0.25, 0.3) is 5.91 Å². The highest BCUT2D eigenvalue weighted by atomic mass is 16.5. The molecule has 1 aliphatic rings. The Labute approximate surface area is 159 Å². The van der Waals surface area contributed by atoms with E-state index in [2.05, 4.69) is 11.9 Å². The van der Waals surface area contributed by atoms with Crippen LogP contribution in [0.4, 0.5) is 0 Å². The smallest absolute Gasteiger partial charge is 0.273 e. The maximum atomic E-state index is 13.3. The number of benzene rings is 2. The highest BCUT2D eigenvalue weighted by Crippen LogP contribution is 2.36. The van der Waals surface area contributed by atoms with Crippen molar-refractivity contribution in [2.24, 2.45) is 5.92 Å². The number of aromatic nitrogens is 1. The molecule has 1 atom stereocenters. The van der Waals surface area contributed by atoms with Gasteiger partial charge in [-0.1, -0.05) is 36.4 Å². The van der Waals surface area contributed by atoms with Crippen molar-refractivity contribution >= 4 is 16.8 Å². The molecule has 3 aromatic rings. The van der Waals surface area contributed by atoms with Crippen molar-refractivity contribution in [1.82, 2.24) is 9.88 Å². The Morgan fingerprint density at radius 1 is 1.11 bits per heavy atom. The summed E-state index contributed by atoms with van der Waals surface area (Å²) in [4.78, 5) is 19.9. The number of hydrogen-bond donors (Lipinski definition) is 0. The molecule has 0 aliphatic heterocycles. The Kier molecular flexibility index (Phi) is 4.80. The van der Waals surface area contributed by atoms with Crippen molar-refractivity contribution in [3.05, 3.63) is 71.9 Å². The molecule has 0 spiro atoms. The molecule has 1 heterocycles. The molecule has 0 radical (unpaired) electrons. The second-order valence-corrected chi connectivity index (χ2v) is 7.25. The maximum absolute atomic E-state index is 13.3. The van der Waals surface area contributed by atoms with Gasteiger partial charge in [-0.15, -0.1) is 0 Å². The molecule has 27 heavy (non-hydrogen) atoms. The highest BCUT2D eigenvalue weighted by molar-refractivity contribution is 5.95. The third-order valence-electron chi connectivity index (χ3n) is 5.39. The number of methoxy groups -OCH3 is 1. The number of pyridine rings is 1. The Hall–Kier alpha value is -2.88. The topological polar surface area (TPSA) is 42.4 Å². The van der Waals surface area contributed by atoms with Gasteiger partial charge < -0.3 is 9.64 Å². The fourth-order valence-electron chi connectivity index (χ4n) is 3.49. The number of rotatable bonds is 6. The van der Waals surface area contributed by atoms with Crippen LogP contribution in [0.1, 0.15) is 35.8 Å². The predicted octanol–water partition coefficient (Wildman–Crippen LogP) is 4.68. The van der Waals surface area contributed by atoms with Gasteiger partial charge in [-0.2, -0.15) is 0 Å². The lowest BCUT2D eigenvalue weighted by atomic mass is 10.1. The van der Waals surface area contributed by atoms with Gasteiger partial charge in [0.15, 0.2) is 0 Å². The van der Waals surface area contributed by atoms with E-state index in [1.54, 1.807) is 7.11 Å². The Balaban J connectivity index is 1.62. The van der Waals surface area contributed by atoms with Crippen LogP contribution in [0.2, 0.25) is 0 Å². The fourth-order valence-corrected chi connectivity index (χ4v) is 3.49. The van der Waals surface area contributed by atoms with Crippen molar-refractivity contribution in [2.75, 3.05) is 7.11 Å². The first-order chi connectivity index (χ1) is 13.2. The standard InChI is InChI=1S/C23H24N2O2/c1-16(18-9-10-18)25(15-17-7-12-20(27-2)13-8-17)23(26)22-14-11-19-5-3-4-6-21(19)24-22/h3-8,11-14,16,18H,9-10,15H2,1-2H3. The van der Waals surface area contributed by atoms with E-state index in [1.807, 2.05) is 65.6 Å². The number of carbonyl (C=O) groups is 1. The summed E-state index contributed by atoms with van der Waals surface area (Å²) < 4.78 is 5.24. The fraction of sp³-hybridized carbons (Fsp3) is 0.304. The summed E-state index contributed by atoms with van der Waals surface area (Å²) >= 11 is 0. The van der Waals surface area contributed by atoms with Gasteiger partial charge in [0, 0.05) is 18.0 Å². The van der Waals surface area contributed by atoms with E-state index in [0.717, 1.165) is 22.2 Å². The number of para-hydroxylation sites is 1. The van der Waals surface area contributed by atoms with Crippen LogP contribution in [0.5, 0.6) is 5.75 Å². The summed E-state index contributed by atoms with van der Waals surface area (Å²) in [7, 11) is 1.66. The maximum Gasteiger partial charge on any atom is 0.273 e. The van der Waals surface area contributed by atoms with Crippen LogP contribution < -0.4 is 4.74 Å². The highest BCUT2D eigenvalue weighted by Gasteiger charge is 2.35. The molecule has 4 heteroatoms. The Morgan fingerprint density at radius 2 is 1.85 bits per heavy atom. The van der Waals surface area contributed by atoms with E-state index in [-0.39, 0.29) is 11.9 Å². The van der Waals surface area contributed by atoms with E-state index in [4.69, 9.17) is 4.74 Å². The molecule has 1 unspecified atom stereocenters. The number of amides is 1. The van der Waals surface area contributed by atoms with E-state index in [1.165, 1.54) is 12.8 Å². The van der Waals surface area contributed by atoms with Crippen molar-refractivity contribution in [3.63, 3.8) is 0 Å². The molecule has 0 bridgehead atoms. The molecule has 1 saturated carbocycles. The third-order valence-corrected chi connectivity index (χ3v) is 5.39. The Morgan fingerprint density at radius 3 is 2.56 bits per heavy atom. The number of ether oxygens (including phenoxy) is 1. The monoisotopic (exact) mass is 360 g/mol. The predicted molar refractivity (Wildman–Crippen MR) is 107 cm³/mol. The molecule has 1 amide bonds. The molecule has 1 aliphatic carbocycles. The van der Waals surface area contributed by atoms with E-state index in [9.17, 15) is 4.79 Å². The van der Waals surface area contributed by atoms with Crippen LogP contribution in [0.25, 0.3) is 10.9 Å². The molecule has 2 aromatic carbocycles. The minimum Gasteiger partial charge on any atom is -0.497 e. The lowest BCUT2D eigenvalue weighted by Crippen LogP contribution is -2.39. The van der Waals surface area contributed by atoms with Crippen LogP contribution in [-0.4, -0.2) is 28.9 Å². The van der Waals surface area contributed by atoms with Gasteiger partial charge >= 0.3 is 0 Å².